The molecule has 0 bridgehead atoms. The summed E-state index contributed by atoms with van der Waals surface area (Å²) in [7, 11) is 0. The molecule has 0 radical (unpaired) electrons. The Kier molecular flexibility index (Phi) is 4.15. The van der Waals surface area contributed by atoms with Gasteiger partial charge in [0.05, 0.1) is 18.3 Å². The van der Waals surface area contributed by atoms with Crippen molar-refractivity contribution in [3.8, 4) is 5.75 Å². The Balaban J connectivity index is 2.09. The molecule has 2 heterocycles. The van der Waals surface area contributed by atoms with E-state index in [-0.39, 0.29) is 28.7 Å². The van der Waals surface area contributed by atoms with Gasteiger partial charge in [-0.3, -0.25) is 9.69 Å². The average molecular weight is 355 g/mol. The first-order valence-corrected chi connectivity index (χ1v) is 7.47. The number of fused-ring (bicyclic) bond motifs is 1. The van der Waals surface area contributed by atoms with Crippen molar-refractivity contribution in [2.24, 2.45) is 0 Å². The van der Waals surface area contributed by atoms with E-state index in [0.717, 1.165) is 4.90 Å². The summed E-state index contributed by atoms with van der Waals surface area (Å²) in [4.78, 5) is 16.9. The lowest BCUT2D eigenvalue weighted by Gasteiger charge is -2.35. The van der Waals surface area contributed by atoms with Crippen molar-refractivity contribution in [1.82, 2.24) is 4.98 Å². The number of anilines is 1. The molecule has 0 saturated heterocycles. The number of para-hydroxylation sites is 1. The second kappa shape index (κ2) is 5.99. The van der Waals surface area contributed by atoms with Crippen LogP contribution < -0.4 is 9.64 Å². The zero-order valence-electron chi connectivity index (χ0n) is 12.5. The molecule has 1 amide bonds. The number of hydrogen-bond donors (Lipinski definition) is 1. The largest absolute Gasteiger partial charge is 0.483 e. The van der Waals surface area contributed by atoms with Crippen LogP contribution in [0.25, 0.3) is 0 Å². The number of benzene rings is 1. The summed E-state index contributed by atoms with van der Waals surface area (Å²) >= 11 is 5.80. The summed E-state index contributed by atoms with van der Waals surface area (Å²) < 4.78 is 32.6. The molecule has 1 aliphatic heterocycles. The van der Waals surface area contributed by atoms with Gasteiger partial charge in [0.2, 0.25) is 0 Å². The van der Waals surface area contributed by atoms with Gasteiger partial charge in [0.25, 0.3) is 0 Å². The van der Waals surface area contributed by atoms with Crippen molar-refractivity contribution < 1.29 is 23.4 Å². The molecule has 0 aliphatic carbocycles. The van der Waals surface area contributed by atoms with Crippen LogP contribution in [0.4, 0.5) is 14.5 Å². The summed E-state index contributed by atoms with van der Waals surface area (Å²) in [5, 5.41) is 9.97. The molecule has 1 aliphatic rings. The first-order valence-electron chi connectivity index (χ1n) is 7.10. The molecule has 8 heteroatoms. The quantitative estimate of drug-likeness (QED) is 0.859. The fourth-order valence-electron chi connectivity index (χ4n) is 2.51. The van der Waals surface area contributed by atoms with Gasteiger partial charge in [-0.2, -0.15) is 8.78 Å². The van der Waals surface area contributed by atoms with Crippen LogP contribution in [0, 0.1) is 0 Å². The minimum absolute atomic E-state index is 0.129. The number of amides is 1. The summed E-state index contributed by atoms with van der Waals surface area (Å²) in [6, 6.07) is 7.58. The highest BCUT2D eigenvalue weighted by molar-refractivity contribution is 6.29. The number of aliphatic hydroxyl groups excluding tert-OH is 1. The van der Waals surface area contributed by atoms with Gasteiger partial charge in [-0.25, -0.2) is 4.98 Å². The number of nitrogens with zero attached hydrogens (tertiary/aromatic N) is 2. The molecule has 0 spiro atoms. The van der Waals surface area contributed by atoms with E-state index < -0.39 is 18.1 Å². The molecule has 0 fully saturated rings. The Labute approximate surface area is 141 Å². The van der Waals surface area contributed by atoms with Gasteiger partial charge in [-0.1, -0.05) is 23.7 Å². The van der Waals surface area contributed by atoms with E-state index in [9.17, 15) is 18.7 Å². The van der Waals surface area contributed by atoms with Crippen molar-refractivity contribution >= 4 is 23.2 Å². The number of aromatic nitrogens is 1. The van der Waals surface area contributed by atoms with E-state index in [2.05, 4.69) is 9.72 Å². The highest BCUT2D eigenvalue weighted by Crippen LogP contribution is 2.44. The molecule has 0 saturated carbocycles. The molecule has 1 N–H and O–H groups in total. The number of carbonyl (C=O) groups excluding carboxylic acids is 1. The van der Waals surface area contributed by atoms with E-state index in [4.69, 9.17) is 11.6 Å². The number of aliphatic hydroxyl groups is 1. The molecule has 1 unspecified atom stereocenters. The van der Waals surface area contributed by atoms with Crippen molar-refractivity contribution in [2.75, 3.05) is 4.90 Å². The van der Waals surface area contributed by atoms with Crippen LogP contribution >= 0.6 is 11.6 Å². The standard InChI is InChI=1S/C16H13ClF2N2O3/c1-9(22)11-3-2-4-12-14(11)24-16(18,19)15(23)21(12)8-10-5-6-20-13(17)7-10/h2-7,9,22H,8H2,1H3. The van der Waals surface area contributed by atoms with Gasteiger partial charge in [-0.05, 0) is 30.7 Å². The molecule has 5 nitrogen and oxygen atoms in total. The Morgan fingerprint density at radius 1 is 1.42 bits per heavy atom. The van der Waals surface area contributed by atoms with Crippen molar-refractivity contribution in [3.63, 3.8) is 0 Å². The molecule has 1 atom stereocenters. The molecule has 2 aromatic rings. The molecular weight excluding hydrogens is 342 g/mol. The van der Waals surface area contributed by atoms with Crippen molar-refractivity contribution in [2.45, 2.75) is 25.7 Å². The zero-order valence-corrected chi connectivity index (χ0v) is 13.3. The Morgan fingerprint density at radius 2 is 2.17 bits per heavy atom. The first kappa shape index (κ1) is 16.6. The lowest BCUT2D eigenvalue weighted by atomic mass is 10.1. The third-order valence-electron chi connectivity index (χ3n) is 3.62. The summed E-state index contributed by atoms with van der Waals surface area (Å²) in [5.41, 5.74) is 0.879. The van der Waals surface area contributed by atoms with E-state index in [0.29, 0.717) is 5.56 Å². The lowest BCUT2D eigenvalue weighted by molar-refractivity contribution is -0.193. The smallest absolute Gasteiger partial charge is 0.423 e. The van der Waals surface area contributed by atoms with Crippen LogP contribution in [0.1, 0.15) is 24.2 Å². The fraction of sp³-hybridized carbons (Fsp3) is 0.250. The number of hydrogen-bond acceptors (Lipinski definition) is 4. The van der Waals surface area contributed by atoms with E-state index in [1.807, 2.05) is 0 Å². The van der Waals surface area contributed by atoms with E-state index in [1.165, 1.54) is 31.3 Å². The molecular formula is C16H13ClF2N2O3. The molecule has 1 aromatic heterocycles. The second-order valence-electron chi connectivity index (χ2n) is 5.37. The van der Waals surface area contributed by atoms with Gasteiger partial charge in [0.1, 0.15) is 5.15 Å². The van der Waals surface area contributed by atoms with E-state index in [1.54, 1.807) is 12.1 Å². The minimum atomic E-state index is -4.02. The van der Waals surface area contributed by atoms with Crippen LogP contribution in [0.3, 0.4) is 0 Å². The highest BCUT2D eigenvalue weighted by Gasteiger charge is 2.51. The third-order valence-corrected chi connectivity index (χ3v) is 3.83. The van der Waals surface area contributed by atoms with E-state index >= 15 is 0 Å². The number of halogens is 3. The maximum atomic E-state index is 14.0. The SMILES string of the molecule is CC(O)c1cccc2c1OC(F)(F)C(=O)N2Cc1ccnc(Cl)c1. The molecule has 1 aromatic carbocycles. The number of pyridine rings is 1. The predicted octanol–water partition coefficient (Wildman–Crippen LogP) is 3.31. The average Bonchev–Trinajstić information content (AvgIpc) is 2.51. The van der Waals surface area contributed by atoms with Crippen molar-refractivity contribution in [1.29, 1.82) is 0 Å². The normalized spacial score (nSPS) is 17.2. The number of carbonyl (C=O) groups is 1. The van der Waals surface area contributed by atoms with Crippen LogP contribution in [0.5, 0.6) is 5.75 Å². The third kappa shape index (κ3) is 2.92. The predicted molar refractivity (Wildman–Crippen MR) is 83.1 cm³/mol. The second-order valence-corrected chi connectivity index (χ2v) is 5.76. The minimum Gasteiger partial charge on any atom is -0.423 e. The Hall–Kier alpha value is -2.25. The summed E-state index contributed by atoms with van der Waals surface area (Å²) in [5.74, 6) is -1.69. The molecule has 3 rings (SSSR count). The van der Waals surface area contributed by atoms with Gasteiger partial charge >= 0.3 is 12.0 Å². The Morgan fingerprint density at radius 3 is 2.83 bits per heavy atom. The fourth-order valence-corrected chi connectivity index (χ4v) is 2.71. The first-order chi connectivity index (χ1) is 11.3. The van der Waals surface area contributed by atoms with Crippen LogP contribution in [-0.4, -0.2) is 22.1 Å². The zero-order chi connectivity index (χ0) is 17.5. The van der Waals surface area contributed by atoms with Crippen molar-refractivity contribution in [3.05, 3.63) is 52.8 Å². The van der Waals surface area contributed by atoms with Gasteiger partial charge in [0.15, 0.2) is 5.75 Å². The molecule has 126 valence electrons. The number of alkyl halides is 2. The number of ether oxygens (including phenoxy) is 1. The monoisotopic (exact) mass is 354 g/mol. The van der Waals surface area contributed by atoms with Gasteiger partial charge in [-0.15, -0.1) is 0 Å². The van der Waals surface area contributed by atoms with Gasteiger partial charge in [0, 0.05) is 11.8 Å². The lowest BCUT2D eigenvalue weighted by Crippen LogP contribution is -2.50. The summed E-state index contributed by atoms with van der Waals surface area (Å²) in [6.45, 7) is 1.30. The maximum Gasteiger partial charge on any atom is 0.483 e. The molecule has 24 heavy (non-hydrogen) atoms. The van der Waals surface area contributed by atoms with Crippen LogP contribution in [-0.2, 0) is 11.3 Å². The van der Waals surface area contributed by atoms with Gasteiger partial charge < -0.3 is 9.84 Å². The number of rotatable bonds is 3. The maximum absolute atomic E-state index is 14.0. The summed E-state index contributed by atoms with van der Waals surface area (Å²) in [6.07, 6.45) is -3.62. The topological polar surface area (TPSA) is 62.7 Å². The Bertz CT molecular complexity index is 799. The highest BCUT2D eigenvalue weighted by atomic mass is 35.5. The van der Waals surface area contributed by atoms with Crippen LogP contribution in [0.2, 0.25) is 5.15 Å². The van der Waals surface area contributed by atoms with Crippen LogP contribution in [0.15, 0.2) is 36.5 Å².